The van der Waals surface area contributed by atoms with Gasteiger partial charge in [0.25, 0.3) is 5.91 Å². The maximum absolute atomic E-state index is 13.1. The summed E-state index contributed by atoms with van der Waals surface area (Å²) >= 11 is 0. The van der Waals surface area contributed by atoms with E-state index in [4.69, 9.17) is 4.74 Å². The molecule has 0 aromatic heterocycles. The topological polar surface area (TPSA) is 49.9 Å². The van der Waals surface area contributed by atoms with Crippen LogP contribution < -0.4 is 4.74 Å². The minimum absolute atomic E-state index is 0.0178. The third kappa shape index (κ3) is 4.26. The molecule has 1 saturated heterocycles. The number of carbonyl (C=O) groups excluding carboxylic acids is 2. The summed E-state index contributed by atoms with van der Waals surface area (Å²) in [6.45, 7) is 4.68. The van der Waals surface area contributed by atoms with Crippen LogP contribution in [0.15, 0.2) is 48.5 Å². The number of ether oxygens (including phenoxy) is 1. The Labute approximate surface area is 170 Å². The van der Waals surface area contributed by atoms with Gasteiger partial charge in [-0.3, -0.25) is 9.59 Å². The Hall–Kier alpha value is -2.89. The molecule has 2 amide bonds. The monoisotopic (exact) mass is 396 g/mol. The quantitative estimate of drug-likeness (QED) is 0.779. The van der Waals surface area contributed by atoms with Crippen molar-refractivity contribution in [1.82, 2.24) is 9.80 Å². The maximum atomic E-state index is 13.1. The fourth-order valence-corrected chi connectivity index (χ4v) is 3.95. The summed E-state index contributed by atoms with van der Waals surface area (Å²) in [7, 11) is 0. The molecule has 1 saturated carbocycles. The number of piperazine rings is 1. The Balaban J connectivity index is 1.29. The van der Waals surface area contributed by atoms with Crippen LogP contribution in [0.4, 0.5) is 4.39 Å². The van der Waals surface area contributed by atoms with Crippen LogP contribution in [0.5, 0.6) is 5.75 Å². The highest BCUT2D eigenvalue weighted by Crippen LogP contribution is 2.48. The number of benzene rings is 2. The van der Waals surface area contributed by atoms with Crippen LogP contribution in [0.1, 0.15) is 35.2 Å². The highest BCUT2D eigenvalue weighted by molar-refractivity contribution is 5.94. The lowest BCUT2D eigenvalue weighted by atomic mass is 10.1. The summed E-state index contributed by atoms with van der Waals surface area (Å²) < 4.78 is 18.5. The molecule has 0 N–H and O–H groups in total. The van der Waals surface area contributed by atoms with Crippen molar-refractivity contribution < 1.29 is 18.7 Å². The third-order valence-electron chi connectivity index (χ3n) is 5.70. The number of carbonyl (C=O) groups is 2. The molecule has 2 aromatic rings. The number of halogens is 1. The Morgan fingerprint density at radius 2 is 1.59 bits per heavy atom. The Morgan fingerprint density at radius 3 is 2.21 bits per heavy atom. The molecule has 1 aliphatic heterocycles. The fourth-order valence-electron chi connectivity index (χ4n) is 3.95. The molecule has 1 heterocycles. The van der Waals surface area contributed by atoms with E-state index < -0.39 is 0 Å². The van der Waals surface area contributed by atoms with E-state index in [0.717, 1.165) is 17.7 Å². The van der Waals surface area contributed by atoms with Gasteiger partial charge in [0.15, 0.2) is 0 Å². The van der Waals surface area contributed by atoms with E-state index in [9.17, 15) is 14.0 Å². The molecule has 5 nitrogen and oxygen atoms in total. The van der Waals surface area contributed by atoms with Gasteiger partial charge < -0.3 is 14.5 Å². The minimum atomic E-state index is -0.259. The number of nitrogens with zero attached hydrogens (tertiary/aromatic N) is 2. The second-order valence-corrected chi connectivity index (χ2v) is 7.58. The van der Waals surface area contributed by atoms with Gasteiger partial charge in [0.1, 0.15) is 11.6 Å². The number of hydrogen-bond donors (Lipinski definition) is 0. The molecule has 2 atom stereocenters. The molecule has 4 rings (SSSR count). The lowest BCUT2D eigenvalue weighted by Gasteiger charge is -2.35. The minimum Gasteiger partial charge on any atom is -0.494 e. The van der Waals surface area contributed by atoms with Gasteiger partial charge in [0.05, 0.1) is 6.61 Å². The molecular formula is C23H25FN2O3. The van der Waals surface area contributed by atoms with Crippen molar-refractivity contribution >= 4 is 11.8 Å². The molecule has 2 fully saturated rings. The first kappa shape index (κ1) is 19.4. The largest absolute Gasteiger partial charge is 0.494 e. The number of hydrogen-bond acceptors (Lipinski definition) is 3. The van der Waals surface area contributed by atoms with Gasteiger partial charge in [0.2, 0.25) is 5.91 Å². The zero-order valence-electron chi connectivity index (χ0n) is 16.5. The van der Waals surface area contributed by atoms with Crippen molar-refractivity contribution in [1.29, 1.82) is 0 Å². The molecule has 152 valence electrons. The van der Waals surface area contributed by atoms with Crippen LogP contribution in [0, 0.1) is 11.7 Å². The predicted molar refractivity (Wildman–Crippen MR) is 107 cm³/mol. The molecule has 1 aliphatic carbocycles. The first-order chi connectivity index (χ1) is 14.1. The number of amides is 2. The van der Waals surface area contributed by atoms with Gasteiger partial charge in [-0.05, 0) is 61.2 Å². The average Bonchev–Trinajstić information content (AvgIpc) is 3.55. The molecule has 2 unspecified atom stereocenters. The van der Waals surface area contributed by atoms with E-state index in [-0.39, 0.29) is 29.5 Å². The van der Waals surface area contributed by atoms with Crippen LogP contribution in [0.3, 0.4) is 0 Å². The van der Waals surface area contributed by atoms with Crippen LogP contribution >= 0.6 is 0 Å². The van der Waals surface area contributed by atoms with Crippen molar-refractivity contribution in [2.24, 2.45) is 5.92 Å². The van der Waals surface area contributed by atoms with E-state index in [2.05, 4.69) is 0 Å². The second-order valence-electron chi connectivity index (χ2n) is 7.58. The normalized spacial score (nSPS) is 21.0. The lowest BCUT2D eigenvalue weighted by molar-refractivity contribution is -0.134. The van der Waals surface area contributed by atoms with E-state index in [1.165, 1.54) is 12.1 Å². The summed E-state index contributed by atoms with van der Waals surface area (Å²) in [5.74, 6) is 0.786. The standard InChI is InChI=1S/C23H25FN2O3/c1-2-29-19-9-5-17(6-10-19)22(27)25-11-13-26(14-12-25)23(28)21-15-20(21)16-3-7-18(24)8-4-16/h3-10,20-21H,2,11-15H2,1H3. The van der Waals surface area contributed by atoms with E-state index in [1.54, 1.807) is 41.3 Å². The summed E-state index contributed by atoms with van der Waals surface area (Å²) in [6, 6.07) is 13.6. The maximum Gasteiger partial charge on any atom is 0.253 e. The van der Waals surface area contributed by atoms with Gasteiger partial charge in [-0.2, -0.15) is 0 Å². The van der Waals surface area contributed by atoms with E-state index in [1.807, 2.05) is 11.8 Å². The van der Waals surface area contributed by atoms with Gasteiger partial charge in [-0.25, -0.2) is 4.39 Å². The van der Waals surface area contributed by atoms with Gasteiger partial charge in [0, 0.05) is 37.7 Å². The van der Waals surface area contributed by atoms with E-state index in [0.29, 0.717) is 38.3 Å². The summed E-state index contributed by atoms with van der Waals surface area (Å²) in [6.07, 6.45) is 0.815. The summed E-state index contributed by atoms with van der Waals surface area (Å²) in [4.78, 5) is 29.2. The highest BCUT2D eigenvalue weighted by atomic mass is 19.1. The van der Waals surface area contributed by atoms with Crippen molar-refractivity contribution in [3.8, 4) is 5.75 Å². The van der Waals surface area contributed by atoms with Gasteiger partial charge in [-0.1, -0.05) is 12.1 Å². The van der Waals surface area contributed by atoms with Crippen molar-refractivity contribution in [3.05, 3.63) is 65.5 Å². The Morgan fingerprint density at radius 1 is 0.966 bits per heavy atom. The van der Waals surface area contributed by atoms with Crippen molar-refractivity contribution in [2.45, 2.75) is 19.3 Å². The SMILES string of the molecule is CCOc1ccc(C(=O)N2CCN(C(=O)C3CC3c3ccc(F)cc3)CC2)cc1. The first-order valence-corrected chi connectivity index (χ1v) is 10.1. The smallest absolute Gasteiger partial charge is 0.253 e. The summed E-state index contributed by atoms with van der Waals surface area (Å²) in [5.41, 5.74) is 1.65. The molecule has 0 bridgehead atoms. The highest BCUT2D eigenvalue weighted by Gasteiger charge is 2.46. The molecule has 2 aromatic carbocycles. The first-order valence-electron chi connectivity index (χ1n) is 10.1. The average molecular weight is 396 g/mol. The molecule has 29 heavy (non-hydrogen) atoms. The van der Waals surface area contributed by atoms with Crippen LogP contribution in [-0.4, -0.2) is 54.4 Å². The second kappa shape index (κ2) is 8.23. The van der Waals surface area contributed by atoms with Gasteiger partial charge in [-0.15, -0.1) is 0 Å². The number of rotatable bonds is 5. The zero-order valence-corrected chi connectivity index (χ0v) is 16.5. The molecule has 2 aliphatic rings. The Bertz CT molecular complexity index is 874. The molecule has 6 heteroatoms. The van der Waals surface area contributed by atoms with Crippen LogP contribution in [-0.2, 0) is 4.79 Å². The van der Waals surface area contributed by atoms with Crippen molar-refractivity contribution in [2.75, 3.05) is 32.8 Å². The molecule has 0 spiro atoms. The third-order valence-corrected chi connectivity index (χ3v) is 5.70. The van der Waals surface area contributed by atoms with Crippen molar-refractivity contribution in [3.63, 3.8) is 0 Å². The molecule has 0 radical (unpaired) electrons. The summed E-state index contributed by atoms with van der Waals surface area (Å²) in [5, 5.41) is 0. The zero-order chi connectivity index (χ0) is 20.4. The molecular weight excluding hydrogens is 371 g/mol. The van der Waals surface area contributed by atoms with Gasteiger partial charge >= 0.3 is 0 Å². The van der Waals surface area contributed by atoms with E-state index >= 15 is 0 Å². The van der Waals surface area contributed by atoms with Crippen LogP contribution in [0.2, 0.25) is 0 Å². The fraction of sp³-hybridized carbons (Fsp3) is 0.391. The predicted octanol–water partition coefficient (Wildman–Crippen LogP) is 3.31. The van der Waals surface area contributed by atoms with Crippen LogP contribution in [0.25, 0.3) is 0 Å². The lowest BCUT2D eigenvalue weighted by Crippen LogP contribution is -2.51. The Kier molecular flexibility index (Phi) is 5.51.